The van der Waals surface area contributed by atoms with Crippen molar-refractivity contribution in [3.8, 4) is 0 Å². The Kier molecular flexibility index (Phi) is 5.54. The minimum Gasteiger partial charge on any atom is -0.313 e. The molecule has 0 amide bonds. The minimum absolute atomic E-state index is 0.347. The van der Waals surface area contributed by atoms with E-state index in [1.807, 2.05) is 0 Å². The van der Waals surface area contributed by atoms with Crippen molar-refractivity contribution in [3.63, 3.8) is 0 Å². The molecule has 1 aromatic carbocycles. The van der Waals surface area contributed by atoms with Gasteiger partial charge in [-0.05, 0) is 37.1 Å². The van der Waals surface area contributed by atoms with Gasteiger partial charge in [-0.25, -0.2) is 13.1 Å². The Morgan fingerprint density at radius 2 is 2.10 bits per heavy atom. The zero-order valence-electron chi connectivity index (χ0n) is 11.9. The van der Waals surface area contributed by atoms with Crippen LogP contribution in [0.2, 0.25) is 0 Å². The molecule has 1 atom stereocenters. The highest BCUT2D eigenvalue weighted by atomic mass is 32.2. The molecule has 0 saturated carbocycles. The van der Waals surface area contributed by atoms with Crippen LogP contribution >= 0.6 is 0 Å². The van der Waals surface area contributed by atoms with Crippen LogP contribution in [0.3, 0.4) is 0 Å². The Morgan fingerprint density at radius 1 is 1.30 bits per heavy atom. The SMILES string of the molecule is CS(=O)(=O)NCCCNC1CCNCc2ccccc21. The number of benzene rings is 1. The van der Waals surface area contributed by atoms with Crippen LogP contribution in [0.25, 0.3) is 0 Å². The van der Waals surface area contributed by atoms with E-state index in [1.165, 1.54) is 17.4 Å². The fourth-order valence-electron chi connectivity index (χ4n) is 2.49. The second kappa shape index (κ2) is 7.17. The van der Waals surface area contributed by atoms with Crippen molar-refractivity contribution in [2.75, 3.05) is 25.9 Å². The first-order chi connectivity index (χ1) is 9.56. The number of fused-ring (bicyclic) bond motifs is 1. The molecule has 2 rings (SSSR count). The molecule has 0 radical (unpaired) electrons. The molecule has 112 valence electrons. The molecule has 5 nitrogen and oxygen atoms in total. The topological polar surface area (TPSA) is 70.2 Å². The third kappa shape index (κ3) is 4.86. The Hall–Kier alpha value is -0.950. The van der Waals surface area contributed by atoms with Crippen LogP contribution in [0.4, 0.5) is 0 Å². The van der Waals surface area contributed by atoms with Crippen LogP contribution in [-0.4, -0.2) is 34.3 Å². The molecular weight excluding hydrogens is 274 g/mol. The number of nitrogens with one attached hydrogen (secondary N) is 3. The molecule has 1 aliphatic heterocycles. The van der Waals surface area contributed by atoms with Crippen LogP contribution in [0.1, 0.15) is 30.0 Å². The summed E-state index contributed by atoms with van der Waals surface area (Å²) in [5.41, 5.74) is 2.70. The molecule has 20 heavy (non-hydrogen) atoms. The van der Waals surface area contributed by atoms with Gasteiger partial charge < -0.3 is 10.6 Å². The van der Waals surface area contributed by atoms with Crippen molar-refractivity contribution in [1.82, 2.24) is 15.4 Å². The fourth-order valence-corrected chi connectivity index (χ4v) is 3.01. The summed E-state index contributed by atoms with van der Waals surface area (Å²) in [6.45, 7) is 3.21. The van der Waals surface area contributed by atoms with E-state index in [-0.39, 0.29) is 0 Å². The lowest BCUT2D eigenvalue weighted by Gasteiger charge is -2.19. The van der Waals surface area contributed by atoms with E-state index in [4.69, 9.17) is 0 Å². The Balaban J connectivity index is 1.84. The molecule has 0 bridgehead atoms. The van der Waals surface area contributed by atoms with Gasteiger partial charge in [0.05, 0.1) is 6.26 Å². The fraction of sp³-hybridized carbons (Fsp3) is 0.571. The van der Waals surface area contributed by atoms with E-state index >= 15 is 0 Å². The van der Waals surface area contributed by atoms with Crippen molar-refractivity contribution in [2.45, 2.75) is 25.4 Å². The predicted octanol–water partition coefficient (Wildman–Crippen LogP) is 0.750. The summed E-state index contributed by atoms with van der Waals surface area (Å²) in [5, 5.41) is 6.95. The van der Waals surface area contributed by atoms with E-state index in [0.717, 1.165) is 32.5 Å². The van der Waals surface area contributed by atoms with E-state index < -0.39 is 10.0 Å². The van der Waals surface area contributed by atoms with Gasteiger partial charge in [-0.1, -0.05) is 24.3 Å². The summed E-state index contributed by atoms with van der Waals surface area (Å²) in [7, 11) is -3.07. The molecule has 1 aromatic rings. The quantitative estimate of drug-likeness (QED) is 0.678. The average molecular weight is 297 g/mol. The van der Waals surface area contributed by atoms with E-state index in [0.29, 0.717) is 12.6 Å². The monoisotopic (exact) mass is 297 g/mol. The first-order valence-electron chi connectivity index (χ1n) is 7.03. The highest BCUT2D eigenvalue weighted by Gasteiger charge is 2.16. The van der Waals surface area contributed by atoms with Gasteiger partial charge in [-0.3, -0.25) is 0 Å². The van der Waals surface area contributed by atoms with Gasteiger partial charge in [-0.15, -0.1) is 0 Å². The number of hydrogen-bond acceptors (Lipinski definition) is 4. The summed E-state index contributed by atoms with van der Waals surface area (Å²) in [4.78, 5) is 0. The summed E-state index contributed by atoms with van der Waals surface area (Å²) in [6, 6.07) is 8.82. The van der Waals surface area contributed by atoms with Crippen LogP contribution in [0.5, 0.6) is 0 Å². The normalized spacial score (nSPS) is 19.4. The smallest absolute Gasteiger partial charge is 0.208 e. The Bertz CT molecular complexity index is 531. The summed E-state index contributed by atoms with van der Waals surface area (Å²) < 4.78 is 24.4. The number of rotatable bonds is 6. The summed E-state index contributed by atoms with van der Waals surface area (Å²) in [5.74, 6) is 0. The summed E-state index contributed by atoms with van der Waals surface area (Å²) in [6.07, 6.45) is 3.03. The van der Waals surface area contributed by atoms with E-state index in [9.17, 15) is 8.42 Å². The van der Waals surface area contributed by atoms with Crippen molar-refractivity contribution in [2.24, 2.45) is 0 Å². The predicted molar refractivity (Wildman–Crippen MR) is 81.0 cm³/mol. The number of sulfonamides is 1. The lowest BCUT2D eigenvalue weighted by atomic mass is 9.99. The molecule has 0 saturated heterocycles. The highest BCUT2D eigenvalue weighted by Crippen LogP contribution is 2.23. The maximum Gasteiger partial charge on any atom is 0.208 e. The largest absolute Gasteiger partial charge is 0.313 e. The van der Waals surface area contributed by atoms with Gasteiger partial charge in [0.1, 0.15) is 0 Å². The number of hydrogen-bond donors (Lipinski definition) is 3. The maximum absolute atomic E-state index is 11.0. The van der Waals surface area contributed by atoms with Crippen LogP contribution in [0.15, 0.2) is 24.3 Å². The zero-order chi connectivity index (χ0) is 14.4. The second-order valence-corrected chi connectivity index (χ2v) is 7.02. The lowest BCUT2D eigenvalue weighted by Crippen LogP contribution is -2.28. The Labute approximate surface area is 121 Å². The molecule has 0 spiro atoms. The molecule has 1 unspecified atom stereocenters. The minimum atomic E-state index is -3.07. The Morgan fingerprint density at radius 3 is 2.90 bits per heavy atom. The van der Waals surface area contributed by atoms with E-state index in [1.54, 1.807) is 0 Å². The lowest BCUT2D eigenvalue weighted by molar-refractivity contribution is 0.488. The second-order valence-electron chi connectivity index (χ2n) is 5.19. The van der Waals surface area contributed by atoms with Crippen molar-refractivity contribution in [1.29, 1.82) is 0 Å². The van der Waals surface area contributed by atoms with Gasteiger partial charge in [-0.2, -0.15) is 0 Å². The molecule has 0 aliphatic carbocycles. The molecule has 3 N–H and O–H groups in total. The van der Waals surface area contributed by atoms with Crippen molar-refractivity contribution < 1.29 is 8.42 Å². The van der Waals surface area contributed by atoms with Crippen LogP contribution in [-0.2, 0) is 16.6 Å². The molecule has 0 fully saturated rings. The highest BCUT2D eigenvalue weighted by molar-refractivity contribution is 7.88. The maximum atomic E-state index is 11.0. The first-order valence-corrected chi connectivity index (χ1v) is 8.92. The molecule has 0 aromatic heterocycles. The molecular formula is C14H23N3O2S. The molecule has 1 aliphatic rings. The van der Waals surface area contributed by atoms with Crippen molar-refractivity contribution in [3.05, 3.63) is 35.4 Å². The van der Waals surface area contributed by atoms with Gasteiger partial charge in [0.15, 0.2) is 0 Å². The first kappa shape index (κ1) is 15.4. The van der Waals surface area contributed by atoms with Gasteiger partial charge in [0.2, 0.25) is 10.0 Å². The average Bonchev–Trinajstić information content (AvgIpc) is 2.60. The van der Waals surface area contributed by atoms with E-state index in [2.05, 4.69) is 39.6 Å². The van der Waals surface area contributed by atoms with Gasteiger partial charge in [0, 0.05) is 19.1 Å². The van der Waals surface area contributed by atoms with Crippen molar-refractivity contribution >= 4 is 10.0 Å². The molecule has 1 heterocycles. The van der Waals surface area contributed by atoms with Crippen LogP contribution in [0, 0.1) is 0 Å². The standard InChI is InChI=1S/C14H23N3O2S/c1-20(18,19)17-9-4-8-16-14-7-10-15-11-12-5-2-3-6-13(12)14/h2-3,5-6,14-17H,4,7-11H2,1H3. The third-order valence-electron chi connectivity index (χ3n) is 3.46. The third-order valence-corrected chi connectivity index (χ3v) is 4.19. The molecule has 6 heteroatoms. The summed E-state index contributed by atoms with van der Waals surface area (Å²) >= 11 is 0. The van der Waals surface area contributed by atoms with Gasteiger partial charge >= 0.3 is 0 Å². The zero-order valence-corrected chi connectivity index (χ0v) is 12.7. The van der Waals surface area contributed by atoms with Crippen LogP contribution < -0.4 is 15.4 Å². The van der Waals surface area contributed by atoms with Gasteiger partial charge in [0.25, 0.3) is 0 Å².